The standard InChI is InChI=1S/C15H23ClN2O/c1-3-19-14(12-7-5-4-6-8-12)15-17-10-11(2)13(9-16)18-15/h10,12,14H,3-9H2,1-2H3. The summed E-state index contributed by atoms with van der Waals surface area (Å²) in [4.78, 5) is 9.10. The lowest BCUT2D eigenvalue weighted by Gasteiger charge is -2.29. The summed E-state index contributed by atoms with van der Waals surface area (Å²) < 4.78 is 5.94. The molecule has 1 saturated carbocycles. The number of hydrogen-bond donors (Lipinski definition) is 0. The van der Waals surface area contributed by atoms with Crippen LogP contribution >= 0.6 is 11.6 Å². The van der Waals surface area contributed by atoms with Gasteiger partial charge in [0.15, 0.2) is 5.82 Å². The number of alkyl halides is 1. The maximum absolute atomic E-state index is 5.94. The fourth-order valence-electron chi connectivity index (χ4n) is 2.80. The number of ether oxygens (including phenoxy) is 1. The molecule has 0 amide bonds. The molecule has 1 aromatic rings. The minimum absolute atomic E-state index is 0.0351. The Morgan fingerprint density at radius 3 is 2.74 bits per heavy atom. The van der Waals surface area contributed by atoms with Crippen molar-refractivity contribution in [3.05, 3.63) is 23.3 Å². The van der Waals surface area contributed by atoms with Gasteiger partial charge in [-0.2, -0.15) is 0 Å². The van der Waals surface area contributed by atoms with E-state index >= 15 is 0 Å². The van der Waals surface area contributed by atoms with Crippen molar-refractivity contribution in [2.75, 3.05) is 6.61 Å². The van der Waals surface area contributed by atoms with Gasteiger partial charge >= 0.3 is 0 Å². The summed E-state index contributed by atoms with van der Waals surface area (Å²) in [6.07, 6.45) is 8.28. The second-order valence-electron chi connectivity index (χ2n) is 5.27. The van der Waals surface area contributed by atoms with Crippen molar-refractivity contribution in [3.63, 3.8) is 0 Å². The summed E-state index contributed by atoms with van der Waals surface area (Å²) in [6.45, 7) is 4.73. The van der Waals surface area contributed by atoms with E-state index in [4.69, 9.17) is 16.3 Å². The third kappa shape index (κ3) is 3.67. The zero-order valence-electron chi connectivity index (χ0n) is 11.9. The van der Waals surface area contributed by atoms with Crippen LogP contribution in [0.3, 0.4) is 0 Å². The van der Waals surface area contributed by atoms with Gasteiger partial charge in [0.25, 0.3) is 0 Å². The normalized spacial score (nSPS) is 18.5. The molecular formula is C15H23ClN2O. The maximum Gasteiger partial charge on any atom is 0.157 e. The summed E-state index contributed by atoms with van der Waals surface area (Å²) in [7, 11) is 0. The van der Waals surface area contributed by atoms with Crippen LogP contribution in [0, 0.1) is 12.8 Å². The van der Waals surface area contributed by atoms with Crippen LogP contribution < -0.4 is 0 Å². The van der Waals surface area contributed by atoms with Gasteiger partial charge in [0.1, 0.15) is 6.10 Å². The number of halogens is 1. The van der Waals surface area contributed by atoms with Gasteiger partial charge in [0, 0.05) is 12.8 Å². The van der Waals surface area contributed by atoms with Crippen LogP contribution in [0.25, 0.3) is 0 Å². The van der Waals surface area contributed by atoms with Crippen LogP contribution in [0.2, 0.25) is 0 Å². The third-order valence-electron chi connectivity index (χ3n) is 3.90. The molecule has 0 saturated heterocycles. The first-order valence-electron chi connectivity index (χ1n) is 7.26. The molecule has 0 aliphatic heterocycles. The van der Waals surface area contributed by atoms with E-state index in [1.54, 1.807) is 0 Å². The topological polar surface area (TPSA) is 35.0 Å². The third-order valence-corrected chi connectivity index (χ3v) is 4.15. The van der Waals surface area contributed by atoms with Crippen molar-refractivity contribution in [3.8, 4) is 0 Å². The Kier molecular flexibility index (Phi) is 5.59. The fraction of sp³-hybridized carbons (Fsp3) is 0.733. The number of rotatable bonds is 5. The van der Waals surface area contributed by atoms with Crippen LogP contribution in [-0.4, -0.2) is 16.6 Å². The van der Waals surface area contributed by atoms with Crippen molar-refractivity contribution >= 4 is 11.6 Å². The molecular weight excluding hydrogens is 260 g/mol. The lowest BCUT2D eigenvalue weighted by Crippen LogP contribution is -2.22. The van der Waals surface area contributed by atoms with Gasteiger partial charge in [-0.05, 0) is 38.2 Å². The Labute approximate surface area is 120 Å². The SMILES string of the molecule is CCOC(c1ncc(C)c(CCl)n1)C1CCCCC1. The van der Waals surface area contributed by atoms with Gasteiger partial charge in [0.2, 0.25) is 0 Å². The van der Waals surface area contributed by atoms with E-state index < -0.39 is 0 Å². The van der Waals surface area contributed by atoms with Crippen LogP contribution in [-0.2, 0) is 10.6 Å². The van der Waals surface area contributed by atoms with E-state index in [-0.39, 0.29) is 6.10 Å². The molecule has 1 atom stereocenters. The van der Waals surface area contributed by atoms with E-state index in [0.29, 0.717) is 18.4 Å². The monoisotopic (exact) mass is 282 g/mol. The zero-order chi connectivity index (χ0) is 13.7. The fourth-order valence-corrected chi connectivity index (χ4v) is 3.07. The largest absolute Gasteiger partial charge is 0.370 e. The van der Waals surface area contributed by atoms with Crippen LogP contribution in [0.15, 0.2) is 6.20 Å². The molecule has 106 valence electrons. The lowest BCUT2D eigenvalue weighted by molar-refractivity contribution is -0.000323. The molecule has 0 N–H and O–H groups in total. The molecule has 0 spiro atoms. The van der Waals surface area contributed by atoms with Crippen molar-refractivity contribution in [1.29, 1.82) is 0 Å². The summed E-state index contributed by atoms with van der Waals surface area (Å²) in [5.74, 6) is 1.81. The van der Waals surface area contributed by atoms with Crippen molar-refractivity contribution in [2.45, 2.75) is 57.9 Å². The Hall–Kier alpha value is -0.670. The predicted molar refractivity (Wildman–Crippen MR) is 77.3 cm³/mol. The molecule has 0 radical (unpaired) electrons. The maximum atomic E-state index is 5.94. The smallest absolute Gasteiger partial charge is 0.157 e. The van der Waals surface area contributed by atoms with Crippen molar-refractivity contribution in [2.24, 2.45) is 5.92 Å². The second kappa shape index (κ2) is 7.20. The molecule has 1 aromatic heterocycles. The molecule has 1 aliphatic rings. The quantitative estimate of drug-likeness (QED) is 0.760. The first-order chi connectivity index (χ1) is 9.26. The minimum Gasteiger partial charge on any atom is -0.370 e. The molecule has 1 heterocycles. The Morgan fingerprint density at radius 1 is 1.37 bits per heavy atom. The molecule has 2 rings (SSSR count). The van der Waals surface area contributed by atoms with E-state index in [1.165, 1.54) is 32.1 Å². The van der Waals surface area contributed by atoms with Gasteiger partial charge in [-0.15, -0.1) is 11.6 Å². The number of nitrogens with zero attached hydrogens (tertiary/aromatic N) is 2. The van der Waals surface area contributed by atoms with E-state index in [1.807, 2.05) is 20.0 Å². The van der Waals surface area contributed by atoms with Crippen LogP contribution in [0.1, 0.15) is 62.2 Å². The second-order valence-corrected chi connectivity index (χ2v) is 5.53. The van der Waals surface area contributed by atoms with Crippen molar-refractivity contribution < 1.29 is 4.74 Å². The molecule has 4 heteroatoms. The lowest BCUT2D eigenvalue weighted by atomic mass is 9.85. The van der Waals surface area contributed by atoms with E-state index in [2.05, 4.69) is 9.97 Å². The number of aryl methyl sites for hydroxylation is 1. The van der Waals surface area contributed by atoms with Crippen molar-refractivity contribution in [1.82, 2.24) is 9.97 Å². The van der Waals surface area contributed by atoms with Gasteiger partial charge in [-0.1, -0.05) is 19.3 Å². The highest BCUT2D eigenvalue weighted by Crippen LogP contribution is 2.35. The highest BCUT2D eigenvalue weighted by atomic mass is 35.5. The van der Waals surface area contributed by atoms with Gasteiger partial charge in [-0.3, -0.25) is 0 Å². The van der Waals surface area contributed by atoms with Crippen LogP contribution in [0.4, 0.5) is 0 Å². The first-order valence-corrected chi connectivity index (χ1v) is 7.79. The Balaban J connectivity index is 2.22. The summed E-state index contributed by atoms with van der Waals surface area (Å²) in [6, 6.07) is 0. The molecule has 0 bridgehead atoms. The molecule has 1 aliphatic carbocycles. The Bertz CT molecular complexity index is 405. The molecule has 0 aromatic carbocycles. The Morgan fingerprint density at radius 2 is 2.11 bits per heavy atom. The number of aromatic nitrogens is 2. The molecule has 19 heavy (non-hydrogen) atoms. The molecule has 3 nitrogen and oxygen atoms in total. The number of hydrogen-bond acceptors (Lipinski definition) is 3. The molecule has 1 fully saturated rings. The summed E-state index contributed by atoms with van der Waals surface area (Å²) >= 11 is 5.94. The average molecular weight is 283 g/mol. The predicted octanol–water partition coefficient (Wildman–Crippen LogP) is 4.18. The van der Waals surface area contributed by atoms with Gasteiger partial charge in [-0.25, -0.2) is 9.97 Å². The van der Waals surface area contributed by atoms with E-state index in [0.717, 1.165) is 17.1 Å². The summed E-state index contributed by atoms with van der Waals surface area (Å²) in [5.41, 5.74) is 1.98. The van der Waals surface area contributed by atoms with Gasteiger partial charge in [0.05, 0.1) is 11.6 Å². The van der Waals surface area contributed by atoms with Gasteiger partial charge < -0.3 is 4.74 Å². The average Bonchev–Trinajstić information content (AvgIpc) is 2.46. The van der Waals surface area contributed by atoms with Crippen LogP contribution in [0.5, 0.6) is 0 Å². The zero-order valence-corrected chi connectivity index (χ0v) is 12.6. The van der Waals surface area contributed by atoms with E-state index in [9.17, 15) is 0 Å². The highest BCUT2D eigenvalue weighted by Gasteiger charge is 2.28. The highest BCUT2D eigenvalue weighted by molar-refractivity contribution is 6.16. The first kappa shape index (κ1) is 14.7. The molecule has 1 unspecified atom stereocenters. The summed E-state index contributed by atoms with van der Waals surface area (Å²) in [5, 5.41) is 0. The minimum atomic E-state index is 0.0351.